The number of amides is 1. The topological polar surface area (TPSA) is 82.4 Å². The van der Waals surface area contributed by atoms with E-state index < -0.39 is 0 Å². The standard InChI is InChI=1S/C20H20FN5O3/c1-2-25(11-16-13-28-17-5-3-4-6-18(17)29-16)19(27)12-26-23-20(22-24-26)14-7-9-15(21)10-8-14/h3-10,16H,2,11-13H2,1H3/t16-/m0/s1. The number of hydrogen-bond acceptors (Lipinski definition) is 6. The molecule has 0 saturated carbocycles. The lowest BCUT2D eigenvalue weighted by Gasteiger charge is -2.30. The number of benzene rings is 2. The van der Waals surface area contributed by atoms with Gasteiger partial charge in [-0.05, 0) is 48.5 Å². The zero-order valence-electron chi connectivity index (χ0n) is 15.9. The maximum absolute atomic E-state index is 13.1. The summed E-state index contributed by atoms with van der Waals surface area (Å²) in [6.45, 7) is 3.13. The van der Waals surface area contributed by atoms with E-state index in [0.717, 1.165) is 0 Å². The van der Waals surface area contributed by atoms with Gasteiger partial charge in [0, 0.05) is 12.1 Å². The van der Waals surface area contributed by atoms with Crippen LogP contribution in [0.25, 0.3) is 11.4 Å². The predicted octanol–water partition coefficient (Wildman–Crippen LogP) is 2.17. The van der Waals surface area contributed by atoms with E-state index in [2.05, 4.69) is 15.4 Å². The Bertz CT molecular complexity index is 992. The maximum atomic E-state index is 13.1. The van der Waals surface area contributed by atoms with E-state index >= 15 is 0 Å². The lowest BCUT2D eigenvalue weighted by Crippen LogP contribution is -2.44. The van der Waals surface area contributed by atoms with Gasteiger partial charge in [-0.1, -0.05) is 12.1 Å². The van der Waals surface area contributed by atoms with Gasteiger partial charge in [0.2, 0.25) is 11.7 Å². The molecule has 9 heteroatoms. The largest absolute Gasteiger partial charge is 0.486 e. The Kier molecular flexibility index (Phi) is 5.37. The molecule has 1 aromatic heterocycles. The first-order valence-electron chi connectivity index (χ1n) is 9.32. The number of tetrazole rings is 1. The molecule has 0 bridgehead atoms. The van der Waals surface area contributed by atoms with E-state index in [1.807, 2.05) is 31.2 Å². The van der Waals surface area contributed by atoms with Crippen molar-refractivity contribution < 1.29 is 18.7 Å². The molecule has 2 aromatic carbocycles. The molecule has 0 spiro atoms. The van der Waals surface area contributed by atoms with Gasteiger partial charge in [-0.2, -0.15) is 4.80 Å². The van der Waals surface area contributed by atoms with Gasteiger partial charge in [0.05, 0.1) is 6.54 Å². The van der Waals surface area contributed by atoms with Gasteiger partial charge in [0.1, 0.15) is 19.0 Å². The van der Waals surface area contributed by atoms with Crippen molar-refractivity contribution in [2.24, 2.45) is 0 Å². The van der Waals surface area contributed by atoms with E-state index in [0.29, 0.717) is 42.6 Å². The van der Waals surface area contributed by atoms with Crippen LogP contribution in [0.1, 0.15) is 6.92 Å². The van der Waals surface area contributed by atoms with Crippen molar-refractivity contribution in [2.45, 2.75) is 19.6 Å². The van der Waals surface area contributed by atoms with Crippen LogP contribution >= 0.6 is 0 Å². The molecule has 0 aliphatic carbocycles. The fourth-order valence-electron chi connectivity index (χ4n) is 3.05. The molecule has 0 unspecified atom stereocenters. The Morgan fingerprint density at radius 3 is 2.72 bits per heavy atom. The second-order valence-electron chi connectivity index (χ2n) is 6.58. The second-order valence-corrected chi connectivity index (χ2v) is 6.58. The van der Waals surface area contributed by atoms with Crippen molar-refractivity contribution in [3.63, 3.8) is 0 Å². The summed E-state index contributed by atoms with van der Waals surface area (Å²) in [5, 5.41) is 12.1. The zero-order valence-corrected chi connectivity index (χ0v) is 15.9. The molecule has 1 aliphatic rings. The van der Waals surface area contributed by atoms with Gasteiger partial charge in [0.25, 0.3) is 0 Å². The Balaban J connectivity index is 1.38. The number of ether oxygens (including phenoxy) is 2. The number of halogens is 1. The number of carbonyl (C=O) groups excluding carboxylic acids is 1. The molecular weight excluding hydrogens is 377 g/mol. The van der Waals surface area contributed by atoms with Gasteiger partial charge in [-0.25, -0.2) is 4.39 Å². The van der Waals surface area contributed by atoms with E-state index in [1.165, 1.54) is 16.9 Å². The average molecular weight is 397 g/mol. The monoisotopic (exact) mass is 397 g/mol. The molecule has 0 radical (unpaired) electrons. The highest BCUT2D eigenvalue weighted by Gasteiger charge is 2.25. The number of hydrogen-bond donors (Lipinski definition) is 0. The first-order valence-corrected chi connectivity index (χ1v) is 9.32. The SMILES string of the molecule is CCN(C[C@H]1COc2ccccc2O1)C(=O)Cn1nnc(-c2ccc(F)cc2)n1. The summed E-state index contributed by atoms with van der Waals surface area (Å²) in [5.41, 5.74) is 0.629. The summed E-state index contributed by atoms with van der Waals surface area (Å²) in [6, 6.07) is 13.2. The average Bonchev–Trinajstić information content (AvgIpc) is 3.20. The number of nitrogens with zero attached hydrogens (tertiary/aromatic N) is 5. The minimum absolute atomic E-state index is 0.0494. The molecule has 29 heavy (non-hydrogen) atoms. The Labute approximate surface area is 166 Å². The first-order chi connectivity index (χ1) is 14.1. The lowest BCUT2D eigenvalue weighted by atomic mass is 10.2. The minimum atomic E-state index is -0.341. The summed E-state index contributed by atoms with van der Waals surface area (Å²) in [5.74, 6) is 1.22. The van der Waals surface area contributed by atoms with Crippen LogP contribution in [0.15, 0.2) is 48.5 Å². The number of rotatable bonds is 6. The van der Waals surface area contributed by atoms with Crippen LogP contribution in [-0.4, -0.2) is 56.8 Å². The predicted molar refractivity (Wildman–Crippen MR) is 102 cm³/mol. The van der Waals surface area contributed by atoms with Gasteiger partial charge in [0.15, 0.2) is 17.6 Å². The smallest absolute Gasteiger partial charge is 0.246 e. The number of fused-ring (bicyclic) bond motifs is 1. The number of carbonyl (C=O) groups is 1. The quantitative estimate of drug-likeness (QED) is 0.634. The molecule has 1 atom stereocenters. The minimum Gasteiger partial charge on any atom is -0.486 e. The highest BCUT2D eigenvalue weighted by atomic mass is 19.1. The summed E-state index contributed by atoms with van der Waals surface area (Å²) in [6.07, 6.45) is -0.257. The van der Waals surface area contributed by atoms with E-state index in [9.17, 15) is 9.18 Å². The van der Waals surface area contributed by atoms with Gasteiger partial charge in [-0.3, -0.25) is 4.79 Å². The lowest BCUT2D eigenvalue weighted by molar-refractivity contribution is -0.133. The number of aromatic nitrogens is 4. The fourth-order valence-corrected chi connectivity index (χ4v) is 3.05. The summed E-state index contributed by atoms with van der Waals surface area (Å²) < 4.78 is 24.7. The van der Waals surface area contributed by atoms with Crippen molar-refractivity contribution >= 4 is 5.91 Å². The summed E-state index contributed by atoms with van der Waals surface area (Å²) >= 11 is 0. The van der Waals surface area contributed by atoms with Crippen LogP contribution in [0, 0.1) is 5.82 Å². The second kappa shape index (κ2) is 8.26. The van der Waals surface area contributed by atoms with Crippen LogP contribution in [0.4, 0.5) is 4.39 Å². The number of likely N-dealkylation sites (N-methyl/N-ethyl adjacent to an activating group) is 1. The third kappa shape index (κ3) is 4.34. The molecule has 150 valence electrons. The maximum Gasteiger partial charge on any atom is 0.246 e. The number of para-hydroxylation sites is 2. The zero-order chi connectivity index (χ0) is 20.2. The molecule has 0 fully saturated rings. The van der Waals surface area contributed by atoms with Crippen LogP contribution in [-0.2, 0) is 11.3 Å². The van der Waals surface area contributed by atoms with Crippen LogP contribution in [0.3, 0.4) is 0 Å². The fraction of sp³-hybridized carbons (Fsp3) is 0.300. The highest BCUT2D eigenvalue weighted by Crippen LogP contribution is 2.31. The Morgan fingerprint density at radius 1 is 1.21 bits per heavy atom. The molecule has 0 saturated heterocycles. The van der Waals surface area contributed by atoms with Crippen molar-refractivity contribution in [1.29, 1.82) is 0 Å². The first kappa shape index (κ1) is 18.9. The normalized spacial score (nSPS) is 15.2. The summed E-state index contributed by atoms with van der Waals surface area (Å²) in [7, 11) is 0. The van der Waals surface area contributed by atoms with Crippen LogP contribution in [0.2, 0.25) is 0 Å². The Morgan fingerprint density at radius 2 is 1.97 bits per heavy atom. The van der Waals surface area contributed by atoms with Gasteiger partial charge >= 0.3 is 0 Å². The molecule has 3 aromatic rings. The van der Waals surface area contributed by atoms with Crippen LogP contribution in [0.5, 0.6) is 11.5 Å². The third-order valence-corrected chi connectivity index (χ3v) is 4.56. The van der Waals surface area contributed by atoms with Crippen molar-refractivity contribution in [1.82, 2.24) is 25.1 Å². The molecule has 1 aliphatic heterocycles. The summed E-state index contributed by atoms with van der Waals surface area (Å²) in [4.78, 5) is 15.6. The molecule has 8 nitrogen and oxygen atoms in total. The van der Waals surface area contributed by atoms with Crippen molar-refractivity contribution in [3.05, 3.63) is 54.3 Å². The Hall–Kier alpha value is -3.49. The van der Waals surface area contributed by atoms with E-state index in [4.69, 9.17) is 9.47 Å². The third-order valence-electron chi connectivity index (χ3n) is 4.56. The van der Waals surface area contributed by atoms with E-state index in [1.54, 1.807) is 17.0 Å². The molecule has 2 heterocycles. The van der Waals surface area contributed by atoms with Crippen LogP contribution < -0.4 is 9.47 Å². The van der Waals surface area contributed by atoms with Gasteiger partial charge in [-0.15, -0.1) is 10.2 Å². The van der Waals surface area contributed by atoms with E-state index in [-0.39, 0.29) is 24.4 Å². The molecule has 4 rings (SSSR count). The van der Waals surface area contributed by atoms with Gasteiger partial charge < -0.3 is 14.4 Å². The molecular formula is C20H20FN5O3. The van der Waals surface area contributed by atoms with Crippen molar-refractivity contribution in [3.8, 4) is 22.9 Å². The molecule has 1 amide bonds. The highest BCUT2D eigenvalue weighted by molar-refractivity contribution is 5.75. The molecule has 0 N–H and O–H groups in total. The van der Waals surface area contributed by atoms with Crippen molar-refractivity contribution in [2.75, 3.05) is 19.7 Å².